The molecule has 0 atom stereocenters. The van der Waals surface area contributed by atoms with E-state index in [1.54, 1.807) is 24.3 Å². The fourth-order valence-corrected chi connectivity index (χ4v) is 3.37. The molecule has 1 aliphatic heterocycles. The standard InChI is InChI=1S/C22H26N2O2/c1-16-7-12-20(17(2)15-16)23-21(25)18-8-10-19(11-9-18)22(26)24-13-5-3-4-6-14-24/h7-12,15H,3-6,13-14H2,1-2H3,(H,23,25). The van der Waals surface area contributed by atoms with Crippen LogP contribution in [0.5, 0.6) is 0 Å². The second kappa shape index (κ2) is 8.17. The average Bonchev–Trinajstić information content (AvgIpc) is 2.93. The SMILES string of the molecule is Cc1ccc(NC(=O)c2ccc(C(=O)N3CCCCCC3)cc2)c(C)c1. The van der Waals surface area contributed by atoms with Crippen LogP contribution in [0, 0.1) is 13.8 Å². The molecule has 26 heavy (non-hydrogen) atoms. The summed E-state index contributed by atoms with van der Waals surface area (Å²) >= 11 is 0. The summed E-state index contributed by atoms with van der Waals surface area (Å²) in [6.07, 6.45) is 4.53. The van der Waals surface area contributed by atoms with Gasteiger partial charge in [-0.3, -0.25) is 9.59 Å². The van der Waals surface area contributed by atoms with Gasteiger partial charge >= 0.3 is 0 Å². The predicted octanol–water partition coefficient (Wildman–Crippen LogP) is 4.57. The maximum absolute atomic E-state index is 12.6. The molecule has 0 aromatic heterocycles. The number of anilines is 1. The van der Waals surface area contributed by atoms with Crippen molar-refractivity contribution in [2.75, 3.05) is 18.4 Å². The molecule has 0 radical (unpaired) electrons. The van der Waals surface area contributed by atoms with Crippen LogP contribution >= 0.6 is 0 Å². The Morgan fingerprint density at radius 2 is 1.46 bits per heavy atom. The van der Waals surface area contributed by atoms with E-state index in [4.69, 9.17) is 0 Å². The summed E-state index contributed by atoms with van der Waals surface area (Å²) < 4.78 is 0. The fraction of sp³-hybridized carbons (Fsp3) is 0.364. The van der Waals surface area contributed by atoms with Gasteiger partial charge in [0.2, 0.25) is 0 Å². The first-order valence-electron chi connectivity index (χ1n) is 9.32. The van der Waals surface area contributed by atoms with E-state index in [-0.39, 0.29) is 11.8 Å². The molecule has 1 aliphatic rings. The lowest BCUT2D eigenvalue weighted by Gasteiger charge is -2.20. The molecule has 0 saturated carbocycles. The van der Waals surface area contributed by atoms with Crippen molar-refractivity contribution in [2.45, 2.75) is 39.5 Å². The van der Waals surface area contributed by atoms with Crippen molar-refractivity contribution >= 4 is 17.5 Å². The number of aryl methyl sites for hydroxylation is 2. The van der Waals surface area contributed by atoms with Gasteiger partial charge in [0.1, 0.15) is 0 Å². The van der Waals surface area contributed by atoms with E-state index in [0.29, 0.717) is 11.1 Å². The number of rotatable bonds is 3. The van der Waals surface area contributed by atoms with Gasteiger partial charge in [-0.25, -0.2) is 0 Å². The van der Waals surface area contributed by atoms with Crippen molar-refractivity contribution in [1.82, 2.24) is 4.90 Å². The summed E-state index contributed by atoms with van der Waals surface area (Å²) in [4.78, 5) is 27.0. The van der Waals surface area contributed by atoms with Gasteiger partial charge in [-0.2, -0.15) is 0 Å². The number of likely N-dealkylation sites (tertiary alicyclic amines) is 1. The summed E-state index contributed by atoms with van der Waals surface area (Å²) in [5.74, 6) is -0.0982. The Morgan fingerprint density at radius 1 is 0.846 bits per heavy atom. The molecule has 0 aliphatic carbocycles. The van der Waals surface area contributed by atoms with Crippen LogP contribution in [0.4, 0.5) is 5.69 Å². The monoisotopic (exact) mass is 350 g/mol. The van der Waals surface area contributed by atoms with Gasteiger partial charge in [0, 0.05) is 29.9 Å². The highest BCUT2D eigenvalue weighted by atomic mass is 16.2. The molecule has 0 bridgehead atoms. The third-order valence-corrected chi connectivity index (χ3v) is 4.92. The molecule has 1 heterocycles. The number of nitrogens with one attached hydrogen (secondary N) is 1. The van der Waals surface area contributed by atoms with Gasteiger partial charge in [-0.1, -0.05) is 30.5 Å². The third kappa shape index (κ3) is 4.31. The van der Waals surface area contributed by atoms with E-state index in [9.17, 15) is 9.59 Å². The highest BCUT2D eigenvalue weighted by molar-refractivity contribution is 6.05. The molecular formula is C22H26N2O2. The van der Waals surface area contributed by atoms with Crippen LogP contribution in [0.2, 0.25) is 0 Å². The second-order valence-electron chi connectivity index (χ2n) is 7.06. The molecule has 1 fully saturated rings. The predicted molar refractivity (Wildman–Crippen MR) is 105 cm³/mol. The Labute approximate surface area is 155 Å². The van der Waals surface area contributed by atoms with E-state index in [2.05, 4.69) is 5.32 Å². The summed E-state index contributed by atoms with van der Waals surface area (Å²) in [5.41, 5.74) is 4.21. The molecule has 1 N–H and O–H groups in total. The first kappa shape index (κ1) is 18.2. The molecule has 2 aromatic rings. The van der Waals surface area contributed by atoms with Crippen LogP contribution in [-0.4, -0.2) is 29.8 Å². The lowest BCUT2D eigenvalue weighted by atomic mass is 10.1. The van der Waals surface area contributed by atoms with Gasteiger partial charge in [-0.15, -0.1) is 0 Å². The van der Waals surface area contributed by atoms with Crippen LogP contribution in [0.15, 0.2) is 42.5 Å². The Morgan fingerprint density at radius 3 is 2.08 bits per heavy atom. The van der Waals surface area contributed by atoms with Crippen LogP contribution < -0.4 is 5.32 Å². The molecule has 3 rings (SSSR count). The number of hydrogen-bond donors (Lipinski definition) is 1. The molecule has 1 saturated heterocycles. The molecule has 136 valence electrons. The van der Waals surface area contributed by atoms with Crippen LogP contribution in [0.25, 0.3) is 0 Å². The first-order chi connectivity index (χ1) is 12.5. The van der Waals surface area contributed by atoms with Crippen molar-refractivity contribution in [1.29, 1.82) is 0 Å². The minimum Gasteiger partial charge on any atom is -0.339 e. The van der Waals surface area contributed by atoms with E-state index in [1.807, 2.05) is 36.9 Å². The lowest BCUT2D eigenvalue weighted by molar-refractivity contribution is 0.0761. The normalized spacial score (nSPS) is 14.6. The number of carbonyl (C=O) groups excluding carboxylic acids is 2. The minimum absolute atomic E-state index is 0.0632. The molecular weight excluding hydrogens is 324 g/mol. The van der Waals surface area contributed by atoms with Crippen LogP contribution in [0.1, 0.15) is 57.5 Å². The van der Waals surface area contributed by atoms with Gasteiger partial charge in [-0.05, 0) is 62.6 Å². The smallest absolute Gasteiger partial charge is 0.255 e. The maximum atomic E-state index is 12.6. The van der Waals surface area contributed by atoms with E-state index in [0.717, 1.165) is 42.7 Å². The summed E-state index contributed by atoms with van der Waals surface area (Å²) in [6, 6.07) is 12.9. The Hall–Kier alpha value is -2.62. The van der Waals surface area contributed by atoms with E-state index in [1.165, 1.54) is 12.8 Å². The van der Waals surface area contributed by atoms with Crippen molar-refractivity contribution in [2.24, 2.45) is 0 Å². The van der Waals surface area contributed by atoms with Gasteiger partial charge in [0.25, 0.3) is 11.8 Å². The third-order valence-electron chi connectivity index (χ3n) is 4.92. The highest BCUT2D eigenvalue weighted by Crippen LogP contribution is 2.18. The van der Waals surface area contributed by atoms with Crippen molar-refractivity contribution < 1.29 is 9.59 Å². The molecule has 2 amide bonds. The zero-order valence-electron chi connectivity index (χ0n) is 15.5. The van der Waals surface area contributed by atoms with Gasteiger partial charge in [0.15, 0.2) is 0 Å². The maximum Gasteiger partial charge on any atom is 0.255 e. The lowest BCUT2D eigenvalue weighted by Crippen LogP contribution is -2.31. The zero-order valence-corrected chi connectivity index (χ0v) is 15.5. The summed E-state index contributed by atoms with van der Waals surface area (Å²) in [5, 5.41) is 2.94. The van der Waals surface area contributed by atoms with Crippen LogP contribution in [-0.2, 0) is 0 Å². The minimum atomic E-state index is -0.161. The van der Waals surface area contributed by atoms with Crippen molar-refractivity contribution in [3.63, 3.8) is 0 Å². The van der Waals surface area contributed by atoms with Crippen molar-refractivity contribution in [3.05, 3.63) is 64.7 Å². The largest absolute Gasteiger partial charge is 0.339 e. The number of nitrogens with zero attached hydrogens (tertiary/aromatic N) is 1. The second-order valence-corrected chi connectivity index (χ2v) is 7.06. The number of hydrogen-bond acceptors (Lipinski definition) is 2. The van der Waals surface area contributed by atoms with Gasteiger partial charge < -0.3 is 10.2 Å². The molecule has 4 heteroatoms. The molecule has 0 spiro atoms. The van der Waals surface area contributed by atoms with E-state index >= 15 is 0 Å². The topological polar surface area (TPSA) is 49.4 Å². The van der Waals surface area contributed by atoms with E-state index < -0.39 is 0 Å². The summed E-state index contributed by atoms with van der Waals surface area (Å²) in [6.45, 7) is 5.66. The van der Waals surface area contributed by atoms with Crippen LogP contribution in [0.3, 0.4) is 0 Å². The number of carbonyl (C=O) groups is 2. The average molecular weight is 350 g/mol. The number of benzene rings is 2. The number of amides is 2. The zero-order chi connectivity index (χ0) is 18.5. The summed E-state index contributed by atoms with van der Waals surface area (Å²) in [7, 11) is 0. The fourth-order valence-electron chi connectivity index (χ4n) is 3.37. The Kier molecular flexibility index (Phi) is 5.71. The van der Waals surface area contributed by atoms with Gasteiger partial charge in [0.05, 0.1) is 0 Å². The first-order valence-corrected chi connectivity index (χ1v) is 9.32. The quantitative estimate of drug-likeness (QED) is 0.881. The molecule has 2 aromatic carbocycles. The molecule has 4 nitrogen and oxygen atoms in total. The Bertz CT molecular complexity index is 788. The van der Waals surface area contributed by atoms with Crippen molar-refractivity contribution in [3.8, 4) is 0 Å². The highest BCUT2D eigenvalue weighted by Gasteiger charge is 2.17. The Balaban J connectivity index is 1.68. The molecule has 0 unspecified atom stereocenters.